The van der Waals surface area contributed by atoms with E-state index in [1.807, 2.05) is 0 Å². The Morgan fingerprint density at radius 2 is 1.89 bits per heavy atom. The van der Waals surface area contributed by atoms with Crippen LogP contribution >= 0.6 is 27.5 Å². The molecular weight excluding hydrogens is 331 g/mol. The van der Waals surface area contributed by atoms with E-state index in [2.05, 4.69) is 29.8 Å². The van der Waals surface area contributed by atoms with Gasteiger partial charge in [0.25, 0.3) is 0 Å². The molecule has 0 aliphatic heterocycles. The summed E-state index contributed by atoms with van der Waals surface area (Å²) in [7, 11) is 0. The third kappa shape index (κ3) is 4.64. The summed E-state index contributed by atoms with van der Waals surface area (Å²) < 4.78 is 19.4. The Balaban J connectivity index is 2.80. The van der Waals surface area contributed by atoms with Crippen molar-refractivity contribution in [3.63, 3.8) is 0 Å². The summed E-state index contributed by atoms with van der Waals surface area (Å²) in [5.41, 5.74) is 0.0507. The Morgan fingerprint density at radius 3 is 2.37 bits per heavy atom. The molecule has 0 aliphatic rings. The molecule has 0 saturated heterocycles. The Labute approximate surface area is 128 Å². The van der Waals surface area contributed by atoms with Crippen LogP contribution in [0.1, 0.15) is 39.5 Å². The molecule has 1 rings (SSSR count). The number of benzene rings is 1. The first-order chi connectivity index (χ1) is 9.08. The lowest BCUT2D eigenvalue weighted by Gasteiger charge is -2.31. The van der Waals surface area contributed by atoms with Gasteiger partial charge in [-0.25, -0.2) is 4.39 Å². The first kappa shape index (κ1) is 16.8. The molecule has 0 heterocycles. The van der Waals surface area contributed by atoms with E-state index in [9.17, 15) is 4.39 Å². The monoisotopic (exact) mass is 350 g/mol. The summed E-state index contributed by atoms with van der Waals surface area (Å²) in [5.74, 6) is -0.231. The Hall–Kier alpha value is -0.280. The van der Waals surface area contributed by atoms with Gasteiger partial charge in [-0.1, -0.05) is 60.3 Å². The third-order valence-corrected chi connectivity index (χ3v) is 4.77. The van der Waals surface area contributed by atoms with E-state index in [4.69, 9.17) is 16.3 Å². The zero-order chi connectivity index (χ0) is 14.3. The second-order valence-corrected chi connectivity index (χ2v) is 5.94. The van der Waals surface area contributed by atoms with Gasteiger partial charge in [-0.15, -0.1) is 0 Å². The molecule has 0 N–H and O–H groups in total. The van der Waals surface area contributed by atoms with Gasteiger partial charge in [-0.2, -0.15) is 0 Å². The topological polar surface area (TPSA) is 9.23 Å². The van der Waals surface area contributed by atoms with Crippen molar-refractivity contribution in [2.75, 3.05) is 11.9 Å². The summed E-state index contributed by atoms with van der Waals surface area (Å²) in [5, 5.41) is 1.18. The van der Waals surface area contributed by atoms with Crippen molar-refractivity contribution in [2.24, 2.45) is 5.41 Å². The van der Waals surface area contributed by atoms with E-state index in [0.29, 0.717) is 11.6 Å². The fraction of sp³-hybridized carbons (Fsp3) is 0.600. The Kier molecular flexibility index (Phi) is 7.16. The average Bonchev–Trinajstić information content (AvgIpc) is 2.38. The summed E-state index contributed by atoms with van der Waals surface area (Å²) in [6, 6.07) is 4.60. The van der Waals surface area contributed by atoms with Crippen LogP contribution in [-0.2, 0) is 0 Å². The largest absolute Gasteiger partial charge is 0.488 e. The molecule has 0 atom stereocenters. The number of halogens is 3. The molecule has 0 spiro atoms. The lowest BCUT2D eigenvalue weighted by molar-refractivity contribution is 0.140. The Morgan fingerprint density at radius 1 is 1.26 bits per heavy atom. The fourth-order valence-corrected chi connectivity index (χ4v) is 3.29. The maximum atomic E-state index is 13.7. The minimum Gasteiger partial charge on any atom is -0.488 e. The van der Waals surface area contributed by atoms with Crippen LogP contribution in [0.25, 0.3) is 0 Å². The van der Waals surface area contributed by atoms with Crippen molar-refractivity contribution in [1.82, 2.24) is 0 Å². The van der Waals surface area contributed by atoms with Crippen LogP contribution in [-0.4, -0.2) is 11.9 Å². The van der Waals surface area contributed by atoms with Crippen LogP contribution in [0, 0.1) is 11.2 Å². The van der Waals surface area contributed by atoms with Crippen molar-refractivity contribution in [2.45, 2.75) is 39.5 Å². The SMILES string of the molecule is CCCC(CBr)(CCC)COc1c(F)cccc1Cl. The second-order valence-electron chi connectivity index (χ2n) is 4.97. The molecule has 108 valence electrons. The highest BCUT2D eigenvalue weighted by atomic mass is 79.9. The van der Waals surface area contributed by atoms with Crippen LogP contribution in [0.15, 0.2) is 18.2 Å². The van der Waals surface area contributed by atoms with Gasteiger partial charge in [0.1, 0.15) is 0 Å². The first-order valence-electron chi connectivity index (χ1n) is 6.71. The van der Waals surface area contributed by atoms with Gasteiger partial charge in [0.15, 0.2) is 11.6 Å². The van der Waals surface area contributed by atoms with E-state index in [1.54, 1.807) is 12.1 Å². The molecule has 0 radical (unpaired) electrons. The quantitative estimate of drug-likeness (QED) is 0.535. The lowest BCUT2D eigenvalue weighted by Crippen LogP contribution is -2.30. The van der Waals surface area contributed by atoms with E-state index in [1.165, 1.54) is 6.07 Å². The van der Waals surface area contributed by atoms with Crippen LogP contribution in [0.2, 0.25) is 5.02 Å². The van der Waals surface area contributed by atoms with Crippen molar-refractivity contribution < 1.29 is 9.13 Å². The molecule has 0 unspecified atom stereocenters. The molecule has 1 aromatic carbocycles. The molecule has 4 heteroatoms. The number of ether oxygens (including phenoxy) is 1. The Bertz CT molecular complexity index is 371. The maximum absolute atomic E-state index is 13.7. The van der Waals surface area contributed by atoms with Gasteiger partial charge in [0.2, 0.25) is 0 Å². The number of alkyl halides is 1. The predicted octanol–water partition coefficient (Wildman–Crippen LogP) is 5.84. The molecule has 0 fully saturated rings. The summed E-state index contributed by atoms with van der Waals surface area (Å²) in [6.45, 7) is 4.80. The highest BCUT2D eigenvalue weighted by Gasteiger charge is 2.29. The van der Waals surface area contributed by atoms with E-state index in [-0.39, 0.29) is 11.2 Å². The molecule has 0 aromatic heterocycles. The number of para-hydroxylation sites is 1. The lowest BCUT2D eigenvalue weighted by atomic mass is 9.82. The van der Waals surface area contributed by atoms with E-state index >= 15 is 0 Å². The van der Waals surface area contributed by atoms with Gasteiger partial charge < -0.3 is 4.74 Å². The minimum absolute atomic E-state index is 0.0507. The highest BCUT2D eigenvalue weighted by molar-refractivity contribution is 9.09. The normalized spacial score (nSPS) is 11.6. The minimum atomic E-state index is -0.399. The number of rotatable bonds is 8. The van der Waals surface area contributed by atoms with Gasteiger partial charge in [-0.3, -0.25) is 0 Å². The number of hydrogen-bond donors (Lipinski definition) is 0. The molecule has 0 aliphatic carbocycles. The van der Waals surface area contributed by atoms with Gasteiger partial charge in [0.05, 0.1) is 11.6 Å². The maximum Gasteiger partial charge on any atom is 0.173 e. The summed E-state index contributed by atoms with van der Waals surface area (Å²) in [4.78, 5) is 0. The van der Waals surface area contributed by atoms with Crippen LogP contribution < -0.4 is 4.74 Å². The zero-order valence-electron chi connectivity index (χ0n) is 11.5. The van der Waals surface area contributed by atoms with E-state index < -0.39 is 5.82 Å². The second kappa shape index (κ2) is 8.11. The van der Waals surface area contributed by atoms with Crippen LogP contribution in [0.5, 0.6) is 5.75 Å². The standard InChI is InChI=1S/C15H21BrClFO/c1-3-8-15(10-16,9-4-2)11-19-14-12(17)6-5-7-13(14)18/h5-7H,3-4,8-11H2,1-2H3. The van der Waals surface area contributed by atoms with Gasteiger partial charge >= 0.3 is 0 Å². The molecule has 0 amide bonds. The van der Waals surface area contributed by atoms with Crippen molar-refractivity contribution >= 4 is 27.5 Å². The van der Waals surface area contributed by atoms with Crippen LogP contribution in [0.3, 0.4) is 0 Å². The average molecular weight is 352 g/mol. The fourth-order valence-electron chi connectivity index (χ4n) is 2.35. The smallest absolute Gasteiger partial charge is 0.173 e. The van der Waals surface area contributed by atoms with Crippen molar-refractivity contribution in [3.8, 4) is 5.75 Å². The van der Waals surface area contributed by atoms with Gasteiger partial charge in [0, 0.05) is 10.7 Å². The molecule has 0 bridgehead atoms. The van der Waals surface area contributed by atoms with E-state index in [0.717, 1.165) is 31.0 Å². The molecular formula is C15H21BrClFO. The molecule has 19 heavy (non-hydrogen) atoms. The molecule has 1 aromatic rings. The highest BCUT2D eigenvalue weighted by Crippen LogP contribution is 2.35. The van der Waals surface area contributed by atoms with Crippen LogP contribution in [0.4, 0.5) is 4.39 Å². The number of hydrogen-bond acceptors (Lipinski definition) is 1. The van der Waals surface area contributed by atoms with Crippen molar-refractivity contribution in [3.05, 3.63) is 29.0 Å². The third-order valence-electron chi connectivity index (χ3n) is 3.29. The zero-order valence-corrected chi connectivity index (χ0v) is 13.9. The van der Waals surface area contributed by atoms with Crippen molar-refractivity contribution in [1.29, 1.82) is 0 Å². The molecule has 1 nitrogen and oxygen atoms in total. The predicted molar refractivity (Wildman–Crippen MR) is 82.9 cm³/mol. The first-order valence-corrected chi connectivity index (χ1v) is 8.21. The summed E-state index contributed by atoms with van der Waals surface area (Å²) >= 11 is 9.56. The molecule has 0 saturated carbocycles. The summed E-state index contributed by atoms with van der Waals surface area (Å²) in [6.07, 6.45) is 4.27. The van der Waals surface area contributed by atoms with Gasteiger partial charge in [-0.05, 0) is 25.0 Å².